The molecule has 0 spiro atoms. The summed E-state index contributed by atoms with van der Waals surface area (Å²) in [6, 6.07) is 2.19. The van der Waals surface area contributed by atoms with E-state index in [0.717, 1.165) is 31.5 Å². The van der Waals surface area contributed by atoms with Gasteiger partial charge in [-0.05, 0) is 19.4 Å². The van der Waals surface area contributed by atoms with Crippen LogP contribution in [0.1, 0.15) is 12.8 Å². The van der Waals surface area contributed by atoms with Crippen LogP contribution < -0.4 is 5.32 Å². The van der Waals surface area contributed by atoms with Crippen molar-refractivity contribution in [3.8, 4) is 0 Å². The first-order valence-corrected chi connectivity index (χ1v) is 7.03. The maximum Gasteiger partial charge on any atom is 0.161 e. The van der Waals surface area contributed by atoms with E-state index in [-0.39, 0.29) is 37.0 Å². The zero-order valence-corrected chi connectivity index (χ0v) is 13.9. The van der Waals surface area contributed by atoms with E-state index in [1.54, 1.807) is 10.9 Å². The molecule has 128 valence electrons. The summed E-state index contributed by atoms with van der Waals surface area (Å²) >= 11 is 0. The van der Waals surface area contributed by atoms with E-state index in [1.165, 1.54) is 0 Å². The van der Waals surface area contributed by atoms with Crippen LogP contribution in [0, 0.1) is 11.6 Å². The molecule has 2 atom stereocenters. The standard InChI is InChI=1S/C15H17F2N3O.2ClH/c16-10-7-13-14(8-11(10)17)20(9-19-13)6-2-3-12-15(21)4-1-5-18-12;;/h2-3,7-9,12,15,18,21H,1,4-6H2;2*1H/b3-2+;;/t12-,15+;;/m1../s1. The highest BCUT2D eigenvalue weighted by atomic mass is 35.5. The van der Waals surface area contributed by atoms with Gasteiger partial charge in [-0.25, -0.2) is 13.8 Å². The zero-order valence-electron chi connectivity index (χ0n) is 12.3. The Morgan fingerprint density at radius 1 is 1.30 bits per heavy atom. The third kappa shape index (κ3) is 4.41. The normalized spacial score (nSPS) is 21.2. The molecule has 1 aliphatic heterocycles. The highest BCUT2D eigenvalue weighted by molar-refractivity contribution is 5.85. The average Bonchev–Trinajstić information content (AvgIpc) is 2.84. The van der Waals surface area contributed by atoms with Gasteiger partial charge < -0.3 is 15.0 Å². The van der Waals surface area contributed by atoms with Gasteiger partial charge in [0.2, 0.25) is 0 Å². The first-order chi connectivity index (χ1) is 10.1. The van der Waals surface area contributed by atoms with Gasteiger partial charge in [0.05, 0.1) is 29.5 Å². The maximum atomic E-state index is 13.3. The predicted octanol–water partition coefficient (Wildman–Crippen LogP) is 2.83. The van der Waals surface area contributed by atoms with E-state index in [0.29, 0.717) is 17.6 Å². The van der Waals surface area contributed by atoms with Gasteiger partial charge in [-0.2, -0.15) is 0 Å². The number of nitrogens with zero attached hydrogens (tertiary/aromatic N) is 2. The van der Waals surface area contributed by atoms with Crippen molar-refractivity contribution in [3.05, 3.63) is 42.2 Å². The Bertz CT molecular complexity index is 678. The number of aromatic nitrogens is 2. The van der Waals surface area contributed by atoms with Crippen LogP contribution in [0.25, 0.3) is 11.0 Å². The minimum atomic E-state index is -0.891. The van der Waals surface area contributed by atoms with Crippen molar-refractivity contribution in [1.29, 1.82) is 0 Å². The lowest BCUT2D eigenvalue weighted by molar-refractivity contribution is 0.115. The molecular formula is C15H19Cl2F2N3O. The van der Waals surface area contributed by atoms with Crippen LogP contribution in [0.2, 0.25) is 0 Å². The zero-order chi connectivity index (χ0) is 14.8. The van der Waals surface area contributed by atoms with Crippen molar-refractivity contribution < 1.29 is 13.9 Å². The van der Waals surface area contributed by atoms with Crippen LogP contribution in [-0.4, -0.2) is 33.3 Å². The van der Waals surface area contributed by atoms with E-state index in [1.807, 2.05) is 12.2 Å². The van der Waals surface area contributed by atoms with E-state index in [4.69, 9.17) is 0 Å². The second kappa shape index (κ2) is 8.59. The Hall–Kier alpha value is -1.21. The van der Waals surface area contributed by atoms with Crippen LogP contribution >= 0.6 is 24.8 Å². The minimum absolute atomic E-state index is 0. The van der Waals surface area contributed by atoms with Crippen molar-refractivity contribution in [2.45, 2.75) is 31.5 Å². The Kier molecular flexibility index (Phi) is 7.41. The smallest absolute Gasteiger partial charge is 0.161 e. The first kappa shape index (κ1) is 19.8. The second-order valence-corrected chi connectivity index (χ2v) is 5.27. The molecule has 0 saturated carbocycles. The number of hydrogen-bond acceptors (Lipinski definition) is 3. The second-order valence-electron chi connectivity index (χ2n) is 5.27. The number of nitrogens with one attached hydrogen (secondary N) is 1. The number of fused-ring (bicyclic) bond motifs is 1. The van der Waals surface area contributed by atoms with Crippen LogP contribution in [-0.2, 0) is 6.54 Å². The maximum absolute atomic E-state index is 13.3. The molecule has 0 radical (unpaired) electrons. The average molecular weight is 366 g/mol. The molecule has 2 N–H and O–H groups in total. The molecule has 1 fully saturated rings. The van der Waals surface area contributed by atoms with Gasteiger partial charge in [0.1, 0.15) is 0 Å². The SMILES string of the molecule is Cl.Cl.O[C@H]1CCCN[C@@H]1/C=C/Cn1cnc2cc(F)c(F)cc21. The molecule has 4 nitrogen and oxygen atoms in total. The van der Waals surface area contributed by atoms with E-state index in [2.05, 4.69) is 10.3 Å². The molecule has 0 amide bonds. The quantitative estimate of drug-likeness (QED) is 0.822. The van der Waals surface area contributed by atoms with Crippen LogP contribution in [0.15, 0.2) is 30.6 Å². The largest absolute Gasteiger partial charge is 0.391 e. The lowest BCUT2D eigenvalue weighted by atomic mass is 10.0. The summed E-state index contributed by atoms with van der Waals surface area (Å²) in [5, 5.41) is 13.1. The molecule has 1 aromatic heterocycles. The molecule has 23 heavy (non-hydrogen) atoms. The van der Waals surface area contributed by atoms with Gasteiger partial charge in [-0.3, -0.25) is 0 Å². The number of allylic oxidation sites excluding steroid dienone is 1. The summed E-state index contributed by atoms with van der Waals surface area (Å²) in [5.41, 5.74) is 0.980. The number of hydrogen-bond donors (Lipinski definition) is 2. The number of imidazole rings is 1. The van der Waals surface area contributed by atoms with Gasteiger partial charge in [-0.15, -0.1) is 24.8 Å². The fraction of sp³-hybridized carbons (Fsp3) is 0.400. The Labute approximate surface area is 145 Å². The molecular weight excluding hydrogens is 347 g/mol. The predicted molar refractivity (Wildman–Crippen MR) is 90.3 cm³/mol. The van der Waals surface area contributed by atoms with Gasteiger partial charge in [0, 0.05) is 18.7 Å². The van der Waals surface area contributed by atoms with Gasteiger partial charge in [0.15, 0.2) is 11.6 Å². The summed E-state index contributed by atoms with van der Waals surface area (Å²) in [7, 11) is 0. The Morgan fingerprint density at radius 3 is 2.78 bits per heavy atom. The Balaban J connectivity index is 0.00000132. The van der Waals surface area contributed by atoms with Gasteiger partial charge >= 0.3 is 0 Å². The van der Waals surface area contributed by atoms with E-state index in [9.17, 15) is 13.9 Å². The van der Waals surface area contributed by atoms with Crippen molar-refractivity contribution in [2.75, 3.05) is 6.54 Å². The number of piperidine rings is 1. The molecule has 1 aromatic carbocycles. The molecule has 1 aliphatic rings. The molecule has 0 unspecified atom stereocenters. The lowest BCUT2D eigenvalue weighted by Gasteiger charge is -2.26. The van der Waals surface area contributed by atoms with Crippen LogP contribution in [0.5, 0.6) is 0 Å². The molecule has 0 aliphatic carbocycles. The summed E-state index contributed by atoms with van der Waals surface area (Å²) in [6.07, 6.45) is 6.76. The molecule has 2 heterocycles. The van der Waals surface area contributed by atoms with Gasteiger partial charge in [0.25, 0.3) is 0 Å². The van der Waals surface area contributed by atoms with Crippen LogP contribution in [0.4, 0.5) is 8.78 Å². The highest BCUT2D eigenvalue weighted by Crippen LogP contribution is 2.17. The third-order valence-electron chi connectivity index (χ3n) is 3.78. The van der Waals surface area contributed by atoms with Crippen molar-refractivity contribution >= 4 is 35.8 Å². The summed E-state index contributed by atoms with van der Waals surface area (Å²) in [6.45, 7) is 1.39. The van der Waals surface area contributed by atoms with Crippen molar-refractivity contribution in [3.63, 3.8) is 0 Å². The Morgan fingerprint density at radius 2 is 2.04 bits per heavy atom. The third-order valence-corrected chi connectivity index (χ3v) is 3.78. The number of aliphatic hydroxyl groups is 1. The number of aliphatic hydroxyl groups excluding tert-OH is 1. The van der Waals surface area contributed by atoms with Crippen molar-refractivity contribution in [2.24, 2.45) is 0 Å². The molecule has 1 saturated heterocycles. The summed E-state index contributed by atoms with van der Waals surface area (Å²) in [5.74, 6) is -1.77. The van der Waals surface area contributed by atoms with E-state index < -0.39 is 11.6 Å². The number of benzene rings is 1. The van der Waals surface area contributed by atoms with Crippen LogP contribution in [0.3, 0.4) is 0 Å². The minimum Gasteiger partial charge on any atom is -0.391 e. The number of rotatable bonds is 3. The summed E-state index contributed by atoms with van der Waals surface area (Å²) in [4.78, 5) is 4.06. The monoisotopic (exact) mass is 365 g/mol. The fourth-order valence-electron chi connectivity index (χ4n) is 2.61. The van der Waals surface area contributed by atoms with Crippen molar-refractivity contribution in [1.82, 2.24) is 14.9 Å². The molecule has 3 rings (SSSR count). The first-order valence-electron chi connectivity index (χ1n) is 7.03. The number of halogens is 4. The lowest BCUT2D eigenvalue weighted by Crippen LogP contribution is -2.43. The highest BCUT2D eigenvalue weighted by Gasteiger charge is 2.19. The summed E-state index contributed by atoms with van der Waals surface area (Å²) < 4.78 is 28.2. The fourth-order valence-corrected chi connectivity index (χ4v) is 2.61. The van der Waals surface area contributed by atoms with E-state index >= 15 is 0 Å². The molecule has 2 aromatic rings. The van der Waals surface area contributed by atoms with Gasteiger partial charge in [-0.1, -0.05) is 12.2 Å². The topological polar surface area (TPSA) is 50.1 Å². The molecule has 8 heteroatoms. The molecule has 0 bridgehead atoms.